The monoisotopic (exact) mass is 340 g/mol. The molecule has 1 saturated carbocycles. The Kier molecular flexibility index (Phi) is 4.10. The lowest BCUT2D eigenvalue weighted by atomic mass is 9.93. The highest BCUT2D eigenvalue weighted by Crippen LogP contribution is 2.31. The topological polar surface area (TPSA) is 76.9 Å². The van der Waals surface area contributed by atoms with Gasteiger partial charge in [0.15, 0.2) is 0 Å². The Balaban J connectivity index is 1.85. The first kappa shape index (κ1) is 15.3. The van der Waals surface area contributed by atoms with Crippen molar-refractivity contribution in [2.75, 3.05) is 4.72 Å². The maximum absolute atomic E-state index is 12.5. The standard InChI is InChI=1S/C14H17ClN4O2S/c1-2-10-6-11(15)7-16-14(10)18-22(20,21)13-8-17-19(9-13)12-4-3-5-12/h6-9,12H,2-5H2,1H3,(H,16,18). The lowest BCUT2D eigenvalue weighted by molar-refractivity contribution is 0.289. The number of aromatic nitrogens is 3. The molecule has 0 atom stereocenters. The van der Waals surface area contributed by atoms with Gasteiger partial charge in [-0.2, -0.15) is 5.10 Å². The van der Waals surface area contributed by atoms with Crippen LogP contribution in [0.15, 0.2) is 29.6 Å². The minimum Gasteiger partial charge on any atom is -0.268 e. The average molecular weight is 341 g/mol. The molecule has 6 nitrogen and oxygen atoms in total. The van der Waals surface area contributed by atoms with E-state index in [4.69, 9.17) is 11.6 Å². The van der Waals surface area contributed by atoms with Gasteiger partial charge >= 0.3 is 0 Å². The molecule has 2 aromatic heterocycles. The van der Waals surface area contributed by atoms with Crippen molar-refractivity contribution in [3.05, 3.63) is 35.2 Å². The van der Waals surface area contributed by atoms with E-state index in [1.807, 2.05) is 6.92 Å². The van der Waals surface area contributed by atoms with Crippen molar-refractivity contribution < 1.29 is 8.42 Å². The summed E-state index contributed by atoms with van der Waals surface area (Å²) in [6.07, 6.45) is 8.28. The SMILES string of the molecule is CCc1cc(Cl)cnc1NS(=O)(=O)c1cnn(C2CCC2)c1. The number of hydrogen-bond donors (Lipinski definition) is 1. The number of halogens is 1. The first-order valence-corrected chi connectivity index (χ1v) is 9.07. The molecule has 2 aromatic rings. The van der Waals surface area contributed by atoms with Crippen LogP contribution in [0.3, 0.4) is 0 Å². The molecule has 0 amide bonds. The smallest absolute Gasteiger partial charge is 0.266 e. The molecule has 2 heterocycles. The summed E-state index contributed by atoms with van der Waals surface area (Å²) in [6, 6.07) is 2.04. The van der Waals surface area contributed by atoms with Gasteiger partial charge in [-0.1, -0.05) is 18.5 Å². The van der Waals surface area contributed by atoms with Crippen LogP contribution < -0.4 is 4.72 Å². The Bertz CT molecular complexity index is 784. The van der Waals surface area contributed by atoms with Crippen LogP contribution in [0, 0.1) is 0 Å². The van der Waals surface area contributed by atoms with Gasteiger partial charge in [-0.25, -0.2) is 13.4 Å². The maximum Gasteiger partial charge on any atom is 0.266 e. The van der Waals surface area contributed by atoms with Gasteiger partial charge in [0.2, 0.25) is 0 Å². The largest absolute Gasteiger partial charge is 0.268 e. The summed E-state index contributed by atoms with van der Waals surface area (Å²) in [5, 5.41) is 4.64. The van der Waals surface area contributed by atoms with Crippen molar-refractivity contribution >= 4 is 27.4 Å². The van der Waals surface area contributed by atoms with Crippen LogP contribution in [0.4, 0.5) is 5.82 Å². The lowest BCUT2D eigenvalue weighted by Crippen LogP contribution is -2.18. The molecular weight excluding hydrogens is 324 g/mol. The van der Waals surface area contributed by atoms with E-state index in [-0.39, 0.29) is 4.90 Å². The third kappa shape index (κ3) is 2.96. The normalized spacial score (nSPS) is 15.5. The first-order valence-electron chi connectivity index (χ1n) is 7.21. The van der Waals surface area contributed by atoms with E-state index < -0.39 is 10.0 Å². The maximum atomic E-state index is 12.5. The van der Waals surface area contributed by atoms with Gasteiger partial charge in [-0.05, 0) is 37.3 Å². The third-order valence-electron chi connectivity index (χ3n) is 3.88. The van der Waals surface area contributed by atoms with Crippen molar-refractivity contribution in [2.45, 2.75) is 43.5 Å². The van der Waals surface area contributed by atoms with Crippen molar-refractivity contribution in [3.63, 3.8) is 0 Å². The highest BCUT2D eigenvalue weighted by atomic mass is 35.5. The van der Waals surface area contributed by atoms with Gasteiger partial charge in [-0.15, -0.1) is 0 Å². The Morgan fingerprint density at radius 2 is 2.18 bits per heavy atom. The van der Waals surface area contributed by atoms with Gasteiger partial charge < -0.3 is 0 Å². The zero-order chi connectivity index (χ0) is 15.7. The van der Waals surface area contributed by atoms with Crippen LogP contribution >= 0.6 is 11.6 Å². The molecular formula is C14H17ClN4O2S. The molecule has 8 heteroatoms. The fourth-order valence-electron chi connectivity index (χ4n) is 2.34. The van der Waals surface area contributed by atoms with E-state index in [0.29, 0.717) is 23.3 Å². The highest BCUT2D eigenvalue weighted by Gasteiger charge is 2.24. The van der Waals surface area contributed by atoms with Crippen LogP contribution in [-0.2, 0) is 16.4 Å². The highest BCUT2D eigenvalue weighted by molar-refractivity contribution is 7.92. The summed E-state index contributed by atoms with van der Waals surface area (Å²) in [6.45, 7) is 1.92. The summed E-state index contributed by atoms with van der Waals surface area (Å²) in [5.74, 6) is 0.309. The van der Waals surface area contributed by atoms with E-state index in [2.05, 4.69) is 14.8 Å². The average Bonchev–Trinajstić information content (AvgIpc) is 2.89. The van der Waals surface area contributed by atoms with Crippen molar-refractivity contribution in [1.29, 1.82) is 0 Å². The van der Waals surface area contributed by atoms with Crippen molar-refractivity contribution in [2.24, 2.45) is 0 Å². The fourth-order valence-corrected chi connectivity index (χ4v) is 3.51. The second-order valence-corrected chi connectivity index (χ2v) is 7.48. The molecule has 1 aliphatic rings. The van der Waals surface area contributed by atoms with Crippen LogP contribution in [0.25, 0.3) is 0 Å². The van der Waals surface area contributed by atoms with Gasteiger partial charge in [0.05, 0.1) is 17.3 Å². The number of hydrogen-bond acceptors (Lipinski definition) is 4. The molecule has 1 N–H and O–H groups in total. The summed E-state index contributed by atoms with van der Waals surface area (Å²) in [7, 11) is -3.69. The Hall–Kier alpha value is -1.60. The number of anilines is 1. The van der Waals surface area contributed by atoms with E-state index in [0.717, 1.165) is 18.4 Å². The molecule has 0 spiro atoms. The Morgan fingerprint density at radius 3 is 2.82 bits per heavy atom. The second-order valence-electron chi connectivity index (χ2n) is 5.36. The molecule has 0 bridgehead atoms. The predicted molar refractivity (Wildman–Crippen MR) is 84.5 cm³/mol. The van der Waals surface area contributed by atoms with Crippen molar-refractivity contribution in [3.8, 4) is 0 Å². The molecule has 0 aliphatic heterocycles. The molecule has 0 radical (unpaired) electrons. The number of rotatable bonds is 5. The van der Waals surface area contributed by atoms with E-state index >= 15 is 0 Å². The van der Waals surface area contributed by atoms with Crippen molar-refractivity contribution in [1.82, 2.24) is 14.8 Å². The van der Waals surface area contributed by atoms with Crippen LogP contribution in [0.5, 0.6) is 0 Å². The minimum absolute atomic E-state index is 0.151. The molecule has 0 aromatic carbocycles. The van der Waals surface area contributed by atoms with Gasteiger partial charge in [0, 0.05) is 12.4 Å². The zero-order valence-corrected chi connectivity index (χ0v) is 13.7. The molecule has 1 fully saturated rings. The Labute approximate surface area is 134 Å². The third-order valence-corrected chi connectivity index (χ3v) is 5.38. The molecule has 0 saturated heterocycles. The van der Waals surface area contributed by atoms with Gasteiger partial charge in [-0.3, -0.25) is 9.40 Å². The first-order chi connectivity index (χ1) is 10.5. The molecule has 3 rings (SSSR count). The Morgan fingerprint density at radius 1 is 1.41 bits per heavy atom. The number of aryl methyl sites for hydroxylation is 1. The second kappa shape index (κ2) is 5.89. The van der Waals surface area contributed by atoms with Gasteiger partial charge in [0.25, 0.3) is 10.0 Å². The molecule has 1 aliphatic carbocycles. The minimum atomic E-state index is -3.69. The van der Waals surface area contributed by atoms with Gasteiger partial charge in [0.1, 0.15) is 10.7 Å². The number of sulfonamides is 1. The number of pyridine rings is 1. The van der Waals surface area contributed by atoms with Crippen LogP contribution in [0.1, 0.15) is 37.8 Å². The summed E-state index contributed by atoms with van der Waals surface area (Å²) >= 11 is 5.89. The van der Waals surface area contributed by atoms with Crippen LogP contribution in [0.2, 0.25) is 5.02 Å². The van der Waals surface area contributed by atoms with E-state index in [1.165, 1.54) is 18.8 Å². The fraction of sp³-hybridized carbons (Fsp3) is 0.429. The van der Waals surface area contributed by atoms with E-state index in [1.54, 1.807) is 16.9 Å². The lowest BCUT2D eigenvalue weighted by Gasteiger charge is -2.25. The predicted octanol–water partition coefficient (Wildman–Crippen LogP) is 3.02. The summed E-state index contributed by atoms with van der Waals surface area (Å²) in [5.41, 5.74) is 0.752. The van der Waals surface area contributed by atoms with Crippen LogP contribution in [-0.4, -0.2) is 23.2 Å². The molecule has 118 valence electrons. The van der Waals surface area contributed by atoms with E-state index in [9.17, 15) is 8.42 Å². The number of nitrogens with one attached hydrogen (secondary N) is 1. The molecule has 0 unspecified atom stereocenters. The molecule has 22 heavy (non-hydrogen) atoms. The zero-order valence-electron chi connectivity index (χ0n) is 12.2. The quantitative estimate of drug-likeness (QED) is 0.907. The summed E-state index contributed by atoms with van der Waals surface area (Å²) in [4.78, 5) is 4.23. The summed E-state index contributed by atoms with van der Waals surface area (Å²) < 4.78 is 29.2. The number of nitrogens with zero attached hydrogens (tertiary/aromatic N) is 3.